The molecule has 1 N–H and O–H groups in total. The summed E-state index contributed by atoms with van der Waals surface area (Å²) in [4.78, 5) is 9.77. The van der Waals surface area contributed by atoms with E-state index in [1.54, 1.807) is 0 Å². The van der Waals surface area contributed by atoms with Crippen molar-refractivity contribution in [3.05, 3.63) is 39.7 Å². The van der Waals surface area contributed by atoms with Gasteiger partial charge >= 0.3 is 0 Å². The fourth-order valence-electron chi connectivity index (χ4n) is 3.08. The van der Waals surface area contributed by atoms with Crippen molar-refractivity contribution < 1.29 is 0 Å². The van der Waals surface area contributed by atoms with Gasteiger partial charge < -0.3 is 10.2 Å². The Kier molecular flexibility index (Phi) is 4.15. The third-order valence-corrected chi connectivity index (χ3v) is 5.09. The highest BCUT2D eigenvalue weighted by molar-refractivity contribution is 7.12. The van der Waals surface area contributed by atoms with Crippen LogP contribution in [0.2, 0.25) is 0 Å². The first-order valence-electron chi connectivity index (χ1n) is 7.68. The van der Waals surface area contributed by atoms with Gasteiger partial charge in [0.2, 0.25) is 0 Å². The molecule has 1 aliphatic rings. The van der Waals surface area contributed by atoms with Gasteiger partial charge in [0.25, 0.3) is 0 Å². The van der Waals surface area contributed by atoms with E-state index in [-0.39, 0.29) is 0 Å². The van der Waals surface area contributed by atoms with Crippen LogP contribution in [-0.2, 0) is 0 Å². The van der Waals surface area contributed by atoms with Gasteiger partial charge in [-0.05, 0) is 57.4 Å². The molecule has 0 saturated carbocycles. The van der Waals surface area contributed by atoms with Crippen molar-refractivity contribution in [1.82, 2.24) is 4.98 Å². The molecule has 1 saturated heterocycles. The average Bonchev–Trinajstić information content (AvgIpc) is 3.09. The number of anilines is 2. The maximum absolute atomic E-state index is 4.60. The lowest BCUT2D eigenvalue weighted by Gasteiger charge is -2.23. The number of pyridine rings is 1. The Morgan fingerprint density at radius 2 is 2.05 bits per heavy atom. The molecular weight excluding hydrogens is 278 g/mol. The Labute approximate surface area is 131 Å². The molecule has 3 nitrogen and oxygen atoms in total. The van der Waals surface area contributed by atoms with Crippen molar-refractivity contribution in [2.45, 2.75) is 39.7 Å². The first-order chi connectivity index (χ1) is 10.1. The van der Waals surface area contributed by atoms with Crippen LogP contribution in [0.3, 0.4) is 0 Å². The fraction of sp³-hybridized carbons (Fsp3) is 0.471. The zero-order valence-corrected chi connectivity index (χ0v) is 13.8. The third-order valence-electron chi connectivity index (χ3n) is 4.11. The molecular formula is C17H23N3S. The topological polar surface area (TPSA) is 28.2 Å². The van der Waals surface area contributed by atoms with Gasteiger partial charge in [-0.15, -0.1) is 11.3 Å². The maximum Gasteiger partial charge on any atom is 0.151 e. The van der Waals surface area contributed by atoms with Gasteiger partial charge in [-0.3, -0.25) is 0 Å². The maximum atomic E-state index is 4.60. The van der Waals surface area contributed by atoms with E-state index in [0.717, 1.165) is 24.6 Å². The molecule has 0 amide bonds. The Balaban J connectivity index is 1.82. The van der Waals surface area contributed by atoms with Gasteiger partial charge in [0, 0.05) is 35.1 Å². The largest absolute Gasteiger partial charge is 0.375 e. The quantitative estimate of drug-likeness (QED) is 0.899. The van der Waals surface area contributed by atoms with E-state index in [9.17, 15) is 0 Å². The normalized spacial score (nSPS) is 16.2. The van der Waals surface area contributed by atoms with Crippen LogP contribution in [-0.4, -0.2) is 18.1 Å². The monoisotopic (exact) mass is 301 g/mol. The molecule has 112 valence electrons. The summed E-state index contributed by atoms with van der Waals surface area (Å²) in [6.07, 6.45) is 4.44. The molecule has 3 heterocycles. The number of hydrogen-bond acceptors (Lipinski definition) is 4. The minimum atomic E-state index is 0.306. The lowest BCUT2D eigenvalue weighted by Crippen LogP contribution is -2.21. The van der Waals surface area contributed by atoms with Crippen molar-refractivity contribution in [1.29, 1.82) is 0 Å². The van der Waals surface area contributed by atoms with Crippen LogP contribution in [0.5, 0.6) is 0 Å². The highest BCUT2D eigenvalue weighted by Gasteiger charge is 2.19. The summed E-state index contributed by atoms with van der Waals surface area (Å²) in [5.74, 6) is 1.10. The first kappa shape index (κ1) is 14.4. The second-order valence-corrected chi connectivity index (χ2v) is 7.26. The third kappa shape index (κ3) is 3.05. The lowest BCUT2D eigenvalue weighted by atomic mass is 10.1. The van der Waals surface area contributed by atoms with Crippen LogP contribution >= 0.6 is 11.3 Å². The van der Waals surface area contributed by atoms with Crippen LogP contribution in [0.25, 0.3) is 0 Å². The minimum absolute atomic E-state index is 0.306. The van der Waals surface area contributed by atoms with Crippen molar-refractivity contribution >= 4 is 22.8 Å². The van der Waals surface area contributed by atoms with Gasteiger partial charge in [-0.25, -0.2) is 4.98 Å². The standard InChI is InChI=1S/C17H23N3S/c1-12-11-15(14(3)21-12)13(2)19-16-7-6-8-18-17(16)20-9-4-5-10-20/h6-8,11,13,19H,4-5,9-10H2,1-3H3. The Bertz CT molecular complexity index is 614. The number of aryl methyl sites for hydroxylation is 2. The predicted octanol–water partition coefficient (Wildman–Crippen LogP) is 4.53. The summed E-state index contributed by atoms with van der Waals surface area (Å²) in [5, 5.41) is 3.66. The average molecular weight is 301 g/mol. The van der Waals surface area contributed by atoms with Gasteiger partial charge in [0.1, 0.15) is 0 Å². The van der Waals surface area contributed by atoms with Crippen LogP contribution in [0, 0.1) is 13.8 Å². The molecule has 0 radical (unpaired) electrons. The van der Waals surface area contributed by atoms with Gasteiger partial charge in [0.05, 0.1) is 5.69 Å². The van der Waals surface area contributed by atoms with Crippen LogP contribution in [0.1, 0.15) is 41.1 Å². The van der Waals surface area contributed by atoms with Crippen molar-refractivity contribution in [2.24, 2.45) is 0 Å². The van der Waals surface area contributed by atoms with Crippen LogP contribution in [0.15, 0.2) is 24.4 Å². The fourth-order valence-corrected chi connectivity index (χ4v) is 4.10. The molecule has 0 bridgehead atoms. The molecule has 1 fully saturated rings. The molecule has 0 aliphatic carbocycles. The van der Waals surface area contributed by atoms with E-state index in [2.05, 4.69) is 48.1 Å². The van der Waals surface area contributed by atoms with Crippen LogP contribution in [0.4, 0.5) is 11.5 Å². The summed E-state index contributed by atoms with van der Waals surface area (Å²) < 4.78 is 0. The second-order valence-electron chi connectivity index (χ2n) is 5.80. The summed E-state index contributed by atoms with van der Waals surface area (Å²) in [5.41, 5.74) is 2.55. The molecule has 1 aliphatic heterocycles. The number of nitrogens with one attached hydrogen (secondary N) is 1. The van der Waals surface area contributed by atoms with Gasteiger partial charge in [-0.2, -0.15) is 0 Å². The molecule has 4 heteroatoms. The molecule has 1 unspecified atom stereocenters. The molecule has 0 spiro atoms. The number of thiophene rings is 1. The molecule has 3 rings (SSSR count). The summed E-state index contributed by atoms with van der Waals surface area (Å²) in [7, 11) is 0. The number of hydrogen-bond donors (Lipinski definition) is 1. The van der Waals surface area contributed by atoms with Crippen molar-refractivity contribution in [2.75, 3.05) is 23.3 Å². The number of aromatic nitrogens is 1. The van der Waals surface area contributed by atoms with E-state index in [0.29, 0.717) is 6.04 Å². The SMILES string of the molecule is Cc1cc(C(C)Nc2cccnc2N2CCCC2)c(C)s1. The first-order valence-corrected chi connectivity index (χ1v) is 8.50. The van der Waals surface area contributed by atoms with E-state index in [1.807, 2.05) is 23.6 Å². The van der Waals surface area contributed by atoms with Gasteiger partial charge in [0.15, 0.2) is 5.82 Å². The Hall–Kier alpha value is -1.55. The second kappa shape index (κ2) is 6.06. The van der Waals surface area contributed by atoms with Crippen molar-refractivity contribution in [3.63, 3.8) is 0 Å². The van der Waals surface area contributed by atoms with E-state index in [4.69, 9.17) is 0 Å². The highest BCUT2D eigenvalue weighted by Crippen LogP contribution is 2.32. The number of rotatable bonds is 4. The number of nitrogens with zero attached hydrogens (tertiary/aromatic N) is 2. The molecule has 2 aromatic rings. The van der Waals surface area contributed by atoms with Crippen LogP contribution < -0.4 is 10.2 Å². The summed E-state index contributed by atoms with van der Waals surface area (Å²) in [6, 6.07) is 6.76. The van der Waals surface area contributed by atoms with E-state index in [1.165, 1.54) is 28.2 Å². The lowest BCUT2D eigenvalue weighted by molar-refractivity contribution is 0.869. The summed E-state index contributed by atoms with van der Waals surface area (Å²) >= 11 is 1.87. The minimum Gasteiger partial charge on any atom is -0.375 e. The summed E-state index contributed by atoms with van der Waals surface area (Å²) in [6.45, 7) is 8.85. The smallest absolute Gasteiger partial charge is 0.151 e. The van der Waals surface area contributed by atoms with Gasteiger partial charge in [-0.1, -0.05) is 0 Å². The molecule has 0 aromatic carbocycles. The van der Waals surface area contributed by atoms with Crippen molar-refractivity contribution in [3.8, 4) is 0 Å². The predicted molar refractivity (Wildman–Crippen MR) is 91.5 cm³/mol. The van der Waals surface area contributed by atoms with E-state index >= 15 is 0 Å². The Morgan fingerprint density at radius 1 is 1.29 bits per heavy atom. The molecule has 1 atom stereocenters. The highest BCUT2D eigenvalue weighted by atomic mass is 32.1. The zero-order chi connectivity index (χ0) is 14.8. The Morgan fingerprint density at radius 3 is 2.71 bits per heavy atom. The molecule has 2 aromatic heterocycles. The van der Waals surface area contributed by atoms with E-state index < -0.39 is 0 Å². The zero-order valence-electron chi connectivity index (χ0n) is 13.0. The molecule has 21 heavy (non-hydrogen) atoms.